The van der Waals surface area contributed by atoms with Crippen molar-refractivity contribution in [1.29, 1.82) is 0 Å². The number of rotatable bonds is 4. The summed E-state index contributed by atoms with van der Waals surface area (Å²) in [6.07, 6.45) is 0.328. The predicted molar refractivity (Wildman–Crippen MR) is 92.9 cm³/mol. The third kappa shape index (κ3) is 3.95. The molecule has 0 spiro atoms. The number of nitrogens with one attached hydrogen (secondary N) is 1. The highest BCUT2D eigenvalue weighted by molar-refractivity contribution is 5.91. The summed E-state index contributed by atoms with van der Waals surface area (Å²) in [4.78, 5) is 16.6. The first-order valence-electron chi connectivity index (χ1n) is 7.37. The van der Waals surface area contributed by atoms with Gasteiger partial charge in [0, 0.05) is 11.3 Å². The van der Waals surface area contributed by atoms with E-state index >= 15 is 0 Å². The zero-order valence-corrected chi connectivity index (χ0v) is 12.6. The fourth-order valence-electron chi connectivity index (χ4n) is 2.29. The van der Waals surface area contributed by atoms with E-state index in [2.05, 4.69) is 10.3 Å². The fourth-order valence-corrected chi connectivity index (χ4v) is 2.29. The van der Waals surface area contributed by atoms with Crippen LogP contribution in [0.3, 0.4) is 0 Å². The second-order valence-electron chi connectivity index (χ2n) is 5.24. The quantitative estimate of drug-likeness (QED) is 0.725. The molecule has 3 N–H and O–H groups in total. The molecule has 114 valence electrons. The molecule has 1 heterocycles. The normalized spacial score (nSPS) is 10.3. The van der Waals surface area contributed by atoms with E-state index in [0.29, 0.717) is 17.9 Å². The minimum absolute atomic E-state index is 0.0850. The van der Waals surface area contributed by atoms with Crippen LogP contribution in [0.5, 0.6) is 0 Å². The number of carbonyl (C=O) groups is 1. The molecule has 0 atom stereocenters. The van der Waals surface area contributed by atoms with Gasteiger partial charge in [0.1, 0.15) is 5.82 Å². The molecule has 0 radical (unpaired) electrons. The summed E-state index contributed by atoms with van der Waals surface area (Å²) < 4.78 is 0. The Balaban J connectivity index is 1.72. The molecule has 0 saturated carbocycles. The van der Waals surface area contributed by atoms with Gasteiger partial charge in [-0.15, -0.1) is 0 Å². The first-order chi connectivity index (χ1) is 11.2. The number of hydrogen-bond donors (Lipinski definition) is 2. The molecular weight excluding hydrogens is 286 g/mol. The van der Waals surface area contributed by atoms with Crippen LogP contribution in [-0.2, 0) is 11.2 Å². The van der Waals surface area contributed by atoms with E-state index in [4.69, 9.17) is 5.73 Å². The largest absolute Gasteiger partial charge is 0.399 e. The number of nitrogens with two attached hydrogens (primary N) is 1. The zero-order chi connectivity index (χ0) is 16.1. The third-order valence-corrected chi connectivity index (χ3v) is 3.43. The smallest absolute Gasteiger partial charge is 0.229 e. The lowest BCUT2D eigenvalue weighted by Crippen LogP contribution is -2.15. The lowest BCUT2D eigenvalue weighted by molar-refractivity contribution is -0.115. The van der Waals surface area contributed by atoms with Gasteiger partial charge in [-0.25, -0.2) is 4.98 Å². The van der Waals surface area contributed by atoms with Crippen molar-refractivity contribution in [2.75, 3.05) is 11.1 Å². The number of benzene rings is 2. The Morgan fingerprint density at radius 1 is 0.913 bits per heavy atom. The van der Waals surface area contributed by atoms with Crippen LogP contribution >= 0.6 is 0 Å². The number of anilines is 2. The van der Waals surface area contributed by atoms with Crippen molar-refractivity contribution >= 4 is 17.4 Å². The van der Waals surface area contributed by atoms with E-state index in [0.717, 1.165) is 16.8 Å². The van der Waals surface area contributed by atoms with Crippen molar-refractivity contribution in [3.63, 3.8) is 0 Å². The third-order valence-electron chi connectivity index (χ3n) is 3.43. The summed E-state index contributed by atoms with van der Waals surface area (Å²) in [5, 5.41) is 2.84. The van der Waals surface area contributed by atoms with Crippen LogP contribution in [0, 0.1) is 0 Å². The number of hydrogen-bond acceptors (Lipinski definition) is 3. The maximum Gasteiger partial charge on any atom is 0.229 e. The molecule has 1 amide bonds. The molecule has 0 aliphatic heterocycles. The van der Waals surface area contributed by atoms with E-state index in [-0.39, 0.29) is 5.91 Å². The molecule has 0 aliphatic rings. The Kier molecular flexibility index (Phi) is 4.34. The number of pyridine rings is 1. The van der Waals surface area contributed by atoms with E-state index in [9.17, 15) is 4.79 Å². The molecule has 0 unspecified atom stereocenters. The standard InChI is InChI=1S/C19H17N3O/c20-16-11-9-15(10-12-16)17-7-4-8-18(21-17)22-19(23)13-14-5-2-1-3-6-14/h1-12H,13,20H2,(H,21,22,23). The van der Waals surface area contributed by atoms with Gasteiger partial charge in [-0.05, 0) is 29.8 Å². The molecule has 3 aromatic rings. The van der Waals surface area contributed by atoms with Crippen LogP contribution < -0.4 is 11.1 Å². The number of nitrogens with zero attached hydrogens (tertiary/aromatic N) is 1. The van der Waals surface area contributed by atoms with Crippen molar-refractivity contribution in [3.05, 3.63) is 78.4 Å². The minimum Gasteiger partial charge on any atom is -0.399 e. The van der Waals surface area contributed by atoms with Crippen LogP contribution in [0.15, 0.2) is 72.8 Å². The molecule has 0 saturated heterocycles. The summed E-state index contributed by atoms with van der Waals surface area (Å²) >= 11 is 0. The van der Waals surface area contributed by atoms with E-state index in [1.54, 1.807) is 6.07 Å². The first-order valence-corrected chi connectivity index (χ1v) is 7.37. The van der Waals surface area contributed by atoms with Gasteiger partial charge in [-0.1, -0.05) is 48.5 Å². The van der Waals surface area contributed by atoms with Crippen LogP contribution in [0.2, 0.25) is 0 Å². The maximum atomic E-state index is 12.1. The van der Waals surface area contributed by atoms with Crippen molar-refractivity contribution in [2.45, 2.75) is 6.42 Å². The molecule has 4 heteroatoms. The van der Waals surface area contributed by atoms with Gasteiger partial charge >= 0.3 is 0 Å². The molecule has 2 aromatic carbocycles. The monoisotopic (exact) mass is 303 g/mol. The van der Waals surface area contributed by atoms with Crippen LogP contribution in [0.4, 0.5) is 11.5 Å². The Morgan fingerprint density at radius 2 is 1.65 bits per heavy atom. The number of nitrogen functional groups attached to an aromatic ring is 1. The highest BCUT2D eigenvalue weighted by Crippen LogP contribution is 2.20. The minimum atomic E-state index is -0.0850. The summed E-state index contributed by atoms with van der Waals surface area (Å²) in [6, 6.07) is 22.7. The summed E-state index contributed by atoms with van der Waals surface area (Å²) in [5.74, 6) is 0.457. The molecule has 0 bridgehead atoms. The van der Waals surface area contributed by atoms with Crippen LogP contribution in [-0.4, -0.2) is 10.9 Å². The molecule has 23 heavy (non-hydrogen) atoms. The average molecular weight is 303 g/mol. The number of aromatic nitrogens is 1. The summed E-state index contributed by atoms with van der Waals surface area (Å²) in [5.41, 5.74) is 9.13. The Hall–Kier alpha value is -3.14. The van der Waals surface area contributed by atoms with Crippen molar-refractivity contribution in [2.24, 2.45) is 0 Å². The highest BCUT2D eigenvalue weighted by atomic mass is 16.1. The van der Waals surface area contributed by atoms with Crippen molar-refractivity contribution < 1.29 is 4.79 Å². The molecule has 1 aromatic heterocycles. The highest BCUT2D eigenvalue weighted by Gasteiger charge is 2.06. The Morgan fingerprint density at radius 3 is 2.39 bits per heavy atom. The number of amides is 1. The second kappa shape index (κ2) is 6.75. The average Bonchev–Trinajstić information content (AvgIpc) is 2.56. The lowest BCUT2D eigenvalue weighted by Gasteiger charge is -2.07. The second-order valence-corrected chi connectivity index (χ2v) is 5.24. The molecular formula is C19H17N3O. The summed E-state index contributed by atoms with van der Waals surface area (Å²) in [6.45, 7) is 0. The topological polar surface area (TPSA) is 68.0 Å². The molecule has 0 aliphatic carbocycles. The predicted octanol–water partition coefficient (Wildman–Crippen LogP) is 3.51. The van der Waals surface area contributed by atoms with Gasteiger partial charge in [-0.2, -0.15) is 0 Å². The van der Waals surface area contributed by atoms with Gasteiger partial charge in [0.15, 0.2) is 0 Å². The van der Waals surface area contributed by atoms with Crippen LogP contribution in [0.1, 0.15) is 5.56 Å². The van der Waals surface area contributed by atoms with E-state index in [1.165, 1.54) is 0 Å². The molecule has 3 rings (SSSR count). The van der Waals surface area contributed by atoms with Crippen molar-refractivity contribution in [3.8, 4) is 11.3 Å². The first kappa shape index (κ1) is 14.8. The van der Waals surface area contributed by atoms with Crippen molar-refractivity contribution in [1.82, 2.24) is 4.98 Å². The molecule has 4 nitrogen and oxygen atoms in total. The zero-order valence-electron chi connectivity index (χ0n) is 12.6. The Bertz CT molecular complexity index is 798. The van der Waals surface area contributed by atoms with E-state index < -0.39 is 0 Å². The van der Waals surface area contributed by atoms with Gasteiger partial charge in [0.2, 0.25) is 5.91 Å². The SMILES string of the molecule is Nc1ccc(-c2cccc(NC(=O)Cc3ccccc3)n2)cc1. The lowest BCUT2D eigenvalue weighted by atomic mass is 10.1. The van der Waals surface area contributed by atoms with Gasteiger partial charge < -0.3 is 11.1 Å². The van der Waals surface area contributed by atoms with E-state index in [1.807, 2.05) is 66.7 Å². The van der Waals surface area contributed by atoms with Gasteiger partial charge in [-0.3, -0.25) is 4.79 Å². The molecule has 0 fully saturated rings. The maximum absolute atomic E-state index is 12.1. The van der Waals surface area contributed by atoms with Gasteiger partial charge in [0.05, 0.1) is 12.1 Å². The fraction of sp³-hybridized carbons (Fsp3) is 0.0526. The number of carbonyl (C=O) groups excluding carboxylic acids is 1. The van der Waals surface area contributed by atoms with Crippen LogP contribution in [0.25, 0.3) is 11.3 Å². The Labute approximate surface area is 135 Å². The summed E-state index contributed by atoms with van der Waals surface area (Å²) in [7, 11) is 0. The van der Waals surface area contributed by atoms with Gasteiger partial charge in [0.25, 0.3) is 0 Å².